The molecule has 1 aliphatic rings. The second-order valence-electron chi connectivity index (χ2n) is 7.34. The van der Waals surface area contributed by atoms with Gasteiger partial charge in [-0.3, -0.25) is 9.59 Å². The predicted molar refractivity (Wildman–Crippen MR) is 104 cm³/mol. The number of ether oxygens (including phenoxy) is 1. The number of benzene rings is 2. The van der Waals surface area contributed by atoms with Crippen LogP contribution in [0.25, 0.3) is 0 Å². The topological polar surface area (TPSA) is 66.8 Å². The summed E-state index contributed by atoms with van der Waals surface area (Å²) in [5, 5.41) is 11.1. The number of aliphatic hydroxyl groups is 1. The molecule has 1 atom stereocenters. The van der Waals surface area contributed by atoms with Crippen molar-refractivity contribution < 1.29 is 19.4 Å². The molecule has 0 fully saturated rings. The molecule has 0 saturated carbocycles. The largest absolute Gasteiger partial charge is 0.492 e. The number of anilines is 1. The molecule has 1 N–H and O–H groups in total. The zero-order chi connectivity index (χ0) is 19.8. The Morgan fingerprint density at radius 2 is 1.89 bits per heavy atom. The fourth-order valence-electron chi connectivity index (χ4n) is 3.78. The second-order valence-corrected chi connectivity index (χ2v) is 7.34. The van der Waals surface area contributed by atoms with Crippen molar-refractivity contribution in [3.63, 3.8) is 0 Å². The van der Waals surface area contributed by atoms with Crippen molar-refractivity contribution in [2.24, 2.45) is 0 Å². The van der Waals surface area contributed by atoms with Crippen LogP contribution in [0.5, 0.6) is 5.75 Å². The minimum atomic E-state index is -1.80. The number of fused-ring (bicyclic) bond motifs is 1. The number of nitrogens with zero attached hydrogens (tertiary/aromatic N) is 1. The average molecular weight is 367 g/mol. The summed E-state index contributed by atoms with van der Waals surface area (Å²) >= 11 is 0. The molecule has 27 heavy (non-hydrogen) atoms. The monoisotopic (exact) mass is 367 g/mol. The summed E-state index contributed by atoms with van der Waals surface area (Å²) in [5.41, 5.74) is 2.32. The Morgan fingerprint density at radius 1 is 1.15 bits per heavy atom. The lowest BCUT2D eigenvalue weighted by molar-refractivity contribution is -0.141. The molecule has 0 saturated heterocycles. The minimum absolute atomic E-state index is 0.225. The van der Waals surface area contributed by atoms with Crippen molar-refractivity contribution >= 4 is 17.4 Å². The number of Topliss-reactive ketones (excluding diaryl/α,β-unsaturated/α-hetero) is 1. The van der Waals surface area contributed by atoms with E-state index < -0.39 is 11.5 Å². The Kier molecular flexibility index (Phi) is 5.07. The van der Waals surface area contributed by atoms with E-state index in [0.29, 0.717) is 17.8 Å². The van der Waals surface area contributed by atoms with E-state index in [-0.39, 0.29) is 18.8 Å². The van der Waals surface area contributed by atoms with Gasteiger partial charge in [0.15, 0.2) is 5.60 Å². The highest BCUT2D eigenvalue weighted by atomic mass is 16.5. The molecule has 1 amide bonds. The van der Waals surface area contributed by atoms with Gasteiger partial charge in [0.1, 0.15) is 18.1 Å². The fraction of sp³-hybridized carbons (Fsp3) is 0.364. The number of ketones is 1. The third-order valence-corrected chi connectivity index (χ3v) is 4.84. The van der Waals surface area contributed by atoms with E-state index in [4.69, 9.17) is 4.74 Å². The lowest BCUT2D eigenvalue weighted by Crippen LogP contribution is -2.43. The molecule has 0 spiro atoms. The molecule has 0 bridgehead atoms. The van der Waals surface area contributed by atoms with E-state index in [0.717, 1.165) is 22.4 Å². The number of hydrogen-bond acceptors (Lipinski definition) is 4. The molecular formula is C22H25NO4. The lowest BCUT2D eigenvalue weighted by atomic mass is 9.88. The van der Waals surface area contributed by atoms with Crippen molar-refractivity contribution in [2.75, 3.05) is 18.1 Å². The van der Waals surface area contributed by atoms with Crippen molar-refractivity contribution in [1.82, 2.24) is 0 Å². The first-order valence-corrected chi connectivity index (χ1v) is 9.07. The van der Waals surface area contributed by atoms with Crippen molar-refractivity contribution in [3.8, 4) is 5.75 Å². The van der Waals surface area contributed by atoms with Gasteiger partial charge >= 0.3 is 0 Å². The lowest BCUT2D eigenvalue weighted by Gasteiger charge is -2.22. The zero-order valence-corrected chi connectivity index (χ0v) is 16.2. The van der Waals surface area contributed by atoms with Gasteiger partial charge in [-0.2, -0.15) is 0 Å². The maximum Gasteiger partial charge on any atom is 0.264 e. The van der Waals surface area contributed by atoms with E-state index in [1.54, 1.807) is 11.0 Å². The highest BCUT2D eigenvalue weighted by Crippen LogP contribution is 2.44. The summed E-state index contributed by atoms with van der Waals surface area (Å²) < 4.78 is 5.78. The molecule has 0 aromatic heterocycles. The van der Waals surface area contributed by atoms with E-state index >= 15 is 0 Å². The molecule has 5 heteroatoms. The van der Waals surface area contributed by atoms with E-state index in [9.17, 15) is 14.7 Å². The van der Waals surface area contributed by atoms with Gasteiger partial charge in [-0.05, 0) is 51.0 Å². The SMILES string of the molecule is CC(=O)C[C@@]1(O)C(=O)N(CCOc2cccc(C)c2)c2c(C)cc(C)cc21. The van der Waals surface area contributed by atoms with Crippen molar-refractivity contribution in [2.45, 2.75) is 39.7 Å². The summed E-state index contributed by atoms with van der Waals surface area (Å²) in [5.74, 6) is 0.0459. The van der Waals surface area contributed by atoms with Gasteiger partial charge < -0.3 is 14.7 Å². The van der Waals surface area contributed by atoms with Crippen molar-refractivity contribution in [1.29, 1.82) is 0 Å². The van der Waals surface area contributed by atoms with E-state index in [2.05, 4.69) is 0 Å². The highest BCUT2D eigenvalue weighted by molar-refractivity contribution is 6.09. The van der Waals surface area contributed by atoms with Gasteiger partial charge in [-0.25, -0.2) is 0 Å². The van der Waals surface area contributed by atoms with Crippen LogP contribution < -0.4 is 9.64 Å². The van der Waals surface area contributed by atoms with Gasteiger partial charge in [0.2, 0.25) is 0 Å². The quantitative estimate of drug-likeness (QED) is 0.851. The number of amides is 1. The number of hydrogen-bond donors (Lipinski definition) is 1. The summed E-state index contributed by atoms with van der Waals surface area (Å²) in [4.78, 5) is 26.3. The van der Waals surface area contributed by atoms with Crippen LogP contribution in [0, 0.1) is 20.8 Å². The molecule has 0 aliphatic carbocycles. The molecule has 0 radical (unpaired) electrons. The van der Waals surface area contributed by atoms with Gasteiger partial charge in [0.05, 0.1) is 12.2 Å². The number of carbonyl (C=O) groups is 2. The maximum atomic E-state index is 13.0. The molecule has 5 nitrogen and oxygen atoms in total. The van der Waals surface area contributed by atoms with Crippen molar-refractivity contribution in [3.05, 3.63) is 58.7 Å². The molecule has 142 valence electrons. The van der Waals surface area contributed by atoms with Gasteiger partial charge in [-0.15, -0.1) is 0 Å². The first-order chi connectivity index (χ1) is 12.7. The Bertz CT molecular complexity index is 905. The predicted octanol–water partition coefficient (Wildman–Crippen LogP) is 3.20. The molecular weight excluding hydrogens is 342 g/mol. The molecule has 1 aliphatic heterocycles. The van der Waals surface area contributed by atoms with Crippen LogP contribution in [0.3, 0.4) is 0 Å². The Hall–Kier alpha value is -2.66. The third-order valence-electron chi connectivity index (χ3n) is 4.84. The van der Waals surface area contributed by atoms with E-state index in [1.165, 1.54) is 6.92 Å². The summed E-state index contributed by atoms with van der Waals surface area (Å²) in [7, 11) is 0. The van der Waals surface area contributed by atoms with Gasteiger partial charge in [0.25, 0.3) is 5.91 Å². The summed E-state index contributed by atoms with van der Waals surface area (Å²) in [6.45, 7) is 7.78. The minimum Gasteiger partial charge on any atom is -0.492 e. The number of carbonyl (C=O) groups excluding carboxylic acids is 2. The Labute approximate surface area is 159 Å². The van der Waals surface area contributed by atoms with E-state index in [1.807, 2.05) is 51.1 Å². The first-order valence-electron chi connectivity index (χ1n) is 9.07. The van der Waals surface area contributed by atoms with Gasteiger partial charge in [-0.1, -0.05) is 29.8 Å². The molecule has 1 heterocycles. The average Bonchev–Trinajstić information content (AvgIpc) is 2.76. The van der Waals surface area contributed by atoms with Crippen LogP contribution in [0.2, 0.25) is 0 Å². The van der Waals surface area contributed by atoms with Crippen LogP contribution in [0.1, 0.15) is 35.6 Å². The van der Waals surface area contributed by atoms with Crippen LogP contribution in [-0.2, 0) is 15.2 Å². The van der Waals surface area contributed by atoms with Crippen LogP contribution in [-0.4, -0.2) is 29.9 Å². The molecule has 3 rings (SSSR count). The third kappa shape index (κ3) is 3.60. The fourth-order valence-corrected chi connectivity index (χ4v) is 3.78. The summed E-state index contributed by atoms with van der Waals surface area (Å²) in [6, 6.07) is 11.5. The van der Waals surface area contributed by atoms with Crippen LogP contribution >= 0.6 is 0 Å². The van der Waals surface area contributed by atoms with Crippen LogP contribution in [0.4, 0.5) is 5.69 Å². The number of rotatable bonds is 6. The van der Waals surface area contributed by atoms with Gasteiger partial charge in [0, 0.05) is 12.0 Å². The highest BCUT2D eigenvalue weighted by Gasteiger charge is 2.50. The molecule has 2 aromatic rings. The zero-order valence-electron chi connectivity index (χ0n) is 16.2. The number of aryl methyl sites for hydroxylation is 3. The normalized spacial score (nSPS) is 18.6. The standard InChI is InChI=1S/C22H25NO4/c1-14-6-5-7-18(11-14)27-9-8-23-20-16(3)10-15(2)12-19(20)22(26,21(23)25)13-17(4)24/h5-7,10-12,26H,8-9,13H2,1-4H3/t22-/m0/s1. The molecule has 0 unspecified atom stereocenters. The maximum absolute atomic E-state index is 13.0. The Balaban J connectivity index is 1.88. The molecule has 2 aromatic carbocycles. The first kappa shape index (κ1) is 19.1. The smallest absolute Gasteiger partial charge is 0.264 e. The second kappa shape index (κ2) is 7.16. The summed E-state index contributed by atoms with van der Waals surface area (Å²) in [6.07, 6.45) is -0.225. The Morgan fingerprint density at radius 3 is 2.56 bits per heavy atom. The van der Waals surface area contributed by atoms with Crippen LogP contribution in [0.15, 0.2) is 36.4 Å².